The van der Waals surface area contributed by atoms with Gasteiger partial charge in [0.15, 0.2) is 11.6 Å². The second-order valence-electron chi connectivity index (χ2n) is 11.6. The molecule has 3 aliphatic heterocycles. The summed E-state index contributed by atoms with van der Waals surface area (Å²) in [6.45, 7) is 10.8. The monoisotopic (exact) mass is 602 g/mol. The van der Waals surface area contributed by atoms with Gasteiger partial charge in [-0.1, -0.05) is 13.3 Å². The largest absolute Gasteiger partial charge is 0.372 e. The highest BCUT2D eigenvalue weighted by atomic mass is 32.2. The van der Waals surface area contributed by atoms with Gasteiger partial charge >= 0.3 is 0 Å². The molecule has 0 spiro atoms. The van der Waals surface area contributed by atoms with Gasteiger partial charge in [0.1, 0.15) is 12.4 Å². The van der Waals surface area contributed by atoms with Crippen LogP contribution in [0.2, 0.25) is 0 Å². The molecule has 0 aliphatic carbocycles. The molecule has 238 valence electrons. The molecule has 0 unspecified atom stereocenters. The summed E-state index contributed by atoms with van der Waals surface area (Å²) in [4.78, 5) is 51.3. The van der Waals surface area contributed by atoms with Crippen molar-refractivity contribution in [1.29, 1.82) is 0 Å². The van der Waals surface area contributed by atoms with Crippen molar-refractivity contribution in [2.24, 2.45) is 0 Å². The fraction of sp³-hybridized carbons (Fsp3) is 0.862. The highest BCUT2D eigenvalue weighted by Gasteiger charge is 2.38. The third-order valence-electron chi connectivity index (χ3n) is 7.73. The zero-order chi connectivity index (χ0) is 31.2. The average Bonchev–Trinajstić information content (AvgIpc) is 3.63. The highest BCUT2D eigenvalue weighted by Crippen LogP contribution is 2.24. The van der Waals surface area contributed by atoms with E-state index in [1.54, 1.807) is 18.7 Å². The molecule has 0 aromatic heterocycles. The molecule has 3 saturated heterocycles. The molecule has 3 atom stereocenters. The first kappa shape index (κ1) is 37.3. The van der Waals surface area contributed by atoms with Gasteiger partial charge in [-0.15, -0.1) is 0 Å². The van der Waals surface area contributed by atoms with E-state index < -0.39 is 10.0 Å². The van der Waals surface area contributed by atoms with Crippen molar-refractivity contribution in [3.05, 3.63) is 0 Å². The normalized spacial score (nSPS) is 23.1. The van der Waals surface area contributed by atoms with E-state index in [9.17, 15) is 27.6 Å². The number of likely N-dealkylation sites (tertiary alicyclic amines) is 3. The molecule has 0 radical (unpaired) electrons. The van der Waals surface area contributed by atoms with Gasteiger partial charge in [-0.2, -0.15) is 4.31 Å². The highest BCUT2D eigenvalue weighted by molar-refractivity contribution is 7.88. The summed E-state index contributed by atoms with van der Waals surface area (Å²) >= 11 is 0. The molecule has 3 heterocycles. The lowest BCUT2D eigenvalue weighted by molar-refractivity contribution is -0.140. The van der Waals surface area contributed by atoms with Crippen molar-refractivity contribution in [3.8, 4) is 0 Å². The lowest BCUT2D eigenvalue weighted by atomic mass is 10.1. The van der Waals surface area contributed by atoms with E-state index in [0.717, 1.165) is 64.4 Å². The first-order valence-corrected chi connectivity index (χ1v) is 16.8. The number of hydrogen-bond acceptors (Lipinski definition) is 9. The van der Waals surface area contributed by atoms with Gasteiger partial charge in [-0.3, -0.25) is 24.1 Å². The van der Waals surface area contributed by atoms with Gasteiger partial charge in [-0.05, 0) is 92.9 Å². The maximum atomic E-state index is 12.3. The fourth-order valence-electron chi connectivity index (χ4n) is 5.34. The molecule has 41 heavy (non-hydrogen) atoms. The SMILES string of the molecule is CC(=O)COC[C@H]1CCCN1C.CC(=O)[C@@H]1CCCN1C(=O)[C@H]1CCCN1C.CCCCN(CC(C)=O)S(C)(=O)=O. The summed E-state index contributed by atoms with van der Waals surface area (Å²) in [5, 5.41) is 0. The first-order chi connectivity index (χ1) is 19.2. The van der Waals surface area contributed by atoms with Crippen molar-refractivity contribution < 1.29 is 32.3 Å². The van der Waals surface area contributed by atoms with Crippen LogP contribution in [0.5, 0.6) is 0 Å². The zero-order valence-electron chi connectivity index (χ0n) is 26.4. The minimum absolute atomic E-state index is 0.00116. The van der Waals surface area contributed by atoms with Crippen LogP contribution in [-0.2, 0) is 33.9 Å². The fourth-order valence-corrected chi connectivity index (χ4v) is 6.22. The topological polar surface area (TPSA) is 125 Å². The Morgan fingerprint density at radius 1 is 0.854 bits per heavy atom. The molecular weight excluding hydrogens is 548 g/mol. The lowest BCUT2D eigenvalue weighted by Crippen LogP contribution is -2.48. The summed E-state index contributed by atoms with van der Waals surface area (Å²) in [5.74, 6) is 0.279. The Morgan fingerprint density at radius 3 is 1.90 bits per heavy atom. The Balaban J connectivity index is 0.000000312. The average molecular weight is 603 g/mol. The van der Waals surface area contributed by atoms with E-state index in [0.29, 0.717) is 19.2 Å². The Hall–Kier alpha value is -1.73. The molecule has 0 N–H and O–H groups in total. The maximum absolute atomic E-state index is 12.3. The number of ether oxygens (including phenoxy) is 1. The number of likely N-dealkylation sites (N-methyl/N-ethyl adjacent to an activating group) is 2. The van der Waals surface area contributed by atoms with E-state index in [1.165, 1.54) is 24.1 Å². The number of carbonyl (C=O) groups is 4. The maximum Gasteiger partial charge on any atom is 0.240 e. The number of ketones is 3. The van der Waals surface area contributed by atoms with Crippen LogP contribution in [0.25, 0.3) is 0 Å². The van der Waals surface area contributed by atoms with Gasteiger partial charge < -0.3 is 14.5 Å². The van der Waals surface area contributed by atoms with Gasteiger partial charge in [-0.25, -0.2) is 8.42 Å². The third-order valence-corrected chi connectivity index (χ3v) is 8.98. The van der Waals surface area contributed by atoms with E-state index in [1.807, 2.05) is 14.0 Å². The molecule has 0 aromatic rings. The number of unbranched alkanes of at least 4 members (excludes halogenated alkanes) is 1. The number of rotatable bonds is 12. The molecule has 11 nitrogen and oxygen atoms in total. The quantitative estimate of drug-likeness (QED) is 0.330. The standard InChI is InChI=1S/C12H20N2O2.C9H17NO2.C8H17NO3S/c1-9(15)10-5-4-8-14(10)12(16)11-6-3-7-13(11)2;1-8(11)6-12-7-9-4-3-5-10(9)2;1-4-5-6-9(7-8(2)10)13(3,11)12/h10-11H,3-8H2,1-2H3;9H,3-7H2,1-2H3;4-7H2,1-3H3/t10-,11+;9-;/m01./s1. The first-order valence-electron chi connectivity index (χ1n) is 14.9. The van der Waals surface area contributed by atoms with Gasteiger partial charge in [0.05, 0.1) is 31.5 Å². The van der Waals surface area contributed by atoms with Crippen LogP contribution in [0.4, 0.5) is 0 Å². The van der Waals surface area contributed by atoms with E-state index in [4.69, 9.17) is 4.74 Å². The number of hydrogen-bond donors (Lipinski definition) is 0. The van der Waals surface area contributed by atoms with E-state index >= 15 is 0 Å². The predicted molar refractivity (Wildman–Crippen MR) is 160 cm³/mol. The molecule has 0 saturated carbocycles. The van der Waals surface area contributed by atoms with Crippen LogP contribution in [-0.4, -0.2) is 135 Å². The second-order valence-corrected chi connectivity index (χ2v) is 13.6. The Kier molecular flexibility index (Phi) is 17.0. The molecule has 0 aromatic carbocycles. The molecule has 3 aliphatic rings. The number of nitrogens with zero attached hydrogens (tertiary/aromatic N) is 4. The number of carbonyl (C=O) groups excluding carboxylic acids is 4. The third kappa shape index (κ3) is 13.9. The van der Waals surface area contributed by atoms with Crippen LogP contribution < -0.4 is 0 Å². The van der Waals surface area contributed by atoms with E-state index in [2.05, 4.69) is 16.8 Å². The molecule has 12 heteroatoms. The molecule has 3 rings (SSSR count). The summed E-state index contributed by atoms with van der Waals surface area (Å²) in [7, 11) is 0.881. The summed E-state index contributed by atoms with van der Waals surface area (Å²) in [6, 6.07) is 0.394. The molecule has 1 amide bonds. The van der Waals surface area contributed by atoms with Crippen molar-refractivity contribution in [2.75, 3.05) is 66.3 Å². The Bertz CT molecular complexity index is 959. The smallest absolute Gasteiger partial charge is 0.240 e. The number of sulfonamides is 1. The van der Waals surface area contributed by atoms with Crippen molar-refractivity contribution in [3.63, 3.8) is 0 Å². The summed E-state index contributed by atoms with van der Waals surface area (Å²) in [6.07, 6.45) is 9.14. The van der Waals surface area contributed by atoms with Crippen molar-refractivity contribution >= 4 is 33.3 Å². The van der Waals surface area contributed by atoms with E-state index in [-0.39, 0.29) is 48.5 Å². The summed E-state index contributed by atoms with van der Waals surface area (Å²) < 4.78 is 28.8. The van der Waals surface area contributed by atoms with Crippen LogP contribution in [0.3, 0.4) is 0 Å². The predicted octanol–water partition coefficient (Wildman–Crippen LogP) is 1.98. The van der Waals surface area contributed by atoms with Crippen LogP contribution in [0.1, 0.15) is 79.1 Å². The zero-order valence-corrected chi connectivity index (χ0v) is 27.2. The minimum Gasteiger partial charge on any atom is -0.372 e. The van der Waals surface area contributed by atoms with Gasteiger partial charge in [0.2, 0.25) is 15.9 Å². The molecule has 0 bridgehead atoms. The molecular formula is C29H54N4O7S. The second kappa shape index (κ2) is 18.7. The van der Waals surface area contributed by atoms with Crippen LogP contribution in [0.15, 0.2) is 0 Å². The molecule has 3 fully saturated rings. The van der Waals surface area contributed by atoms with Gasteiger partial charge in [0.25, 0.3) is 0 Å². The number of Topliss-reactive ketones (excluding diaryl/α,β-unsaturated/α-hetero) is 3. The van der Waals surface area contributed by atoms with Crippen molar-refractivity contribution in [1.82, 2.24) is 19.0 Å². The van der Waals surface area contributed by atoms with Crippen LogP contribution >= 0.6 is 0 Å². The van der Waals surface area contributed by atoms with Crippen LogP contribution in [0, 0.1) is 0 Å². The Labute approximate surface area is 248 Å². The minimum atomic E-state index is -3.22. The number of amides is 1. The summed E-state index contributed by atoms with van der Waals surface area (Å²) in [5.41, 5.74) is 0. The van der Waals surface area contributed by atoms with Gasteiger partial charge in [0, 0.05) is 19.1 Å². The van der Waals surface area contributed by atoms with Crippen molar-refractivity contribution in [2.45, 2.75) is 97.2 Å². The Morgan fingerprint density at radius 2 is 1.44 bits per heavy atom. The lowest BCUT2D eigenvalue weighted by Gasteiger charge is -2.28.